The third-order valence-electron chi connectivity index (χ3n) is 4.25. The van der Waals surface area contributed by atoms with Crippen molar-refractivity contribution in [3.05, 3.63) is 60.8 Å². The van der Waals surface area contributed by atoms with E-state index < -0.39 is 8.07 Å². The van der Waals surface area contributed by atoms with E-state index in [2.05, 4.69) is 74.7 Å². The van der Waals surface area contributed by atoms with Crippen LogP contribution in [0, 0.1) is 30.7 Å². The minimum absolute atomic E-state index is 1.04. The molecule has 3 heteroatoms. The van der Waals surface area contributed by atoms with Gasteiger partial charge in [-0.15, -0.1) is 0 Å². The number of hydrogen-bond acceptors (Lipinski definition) is 1. The molecule has 0 spiro atoms. The molecule has 2 nitrogen and oxygen atoms in total. The van der Waals surface area contributed by atoms with Crippen LogP contribution in [0.3, 0.4) is 0 Å². The van der Waals surface area contributed by atoms with E-state index >= 15 is 0 Å². The Morgan fingerprint density at radius 3 is 2.59 bits per heavy atom. The summed E-state index contributed by atoms with van der Waals surface area (Å²) in [6.45, 7) is 10.5. The van der Waals surface area contributed by atoms with E-state index in [1.807, 2.05) is 0 Å². The van der Waals surface area contributed by atoms with Crippen LogP contribution in [-0.4, -0.2) is 17.6 Å². The topological polar surface area (TPSA) is 17.8 Å². The van der Waals surface area contributed by atoms with Crippen molar-refractivity contribution in [2.45, 2.75) is 46.0 Å². The highest BCUT2D eigenvalue weighted by Gasteiger charge is 2.41. The van der Waals surface area contributed by atoms with Gasteiger partial charge < -0.3 is 4.57 Å². The predicted octanol–water partition coefficient (Wildman–Crippen LogP) is 4.84. The number of nitrogens with zero attached hydrogens (tertiary/aromatic N) is 2. The molecule has 0 unspecified atom stereocenters. The Kier molecular flexibility index (Phi) is 4.44. The second-order valence-corrected chi connectivity index (χ2v) is 12.1. The zero-order chi connectivity index (χ0) is 15.7. The molecule has 1 aliphatic rings. The number of rotatable bonds is 5. The first-order valence-corrected chi connectivity index (χ1v) is 11.7. The second kappa shape index (κ2) is 6.19. The van der Waals surface area contributed by atoms with E-state index in [0.717, 1.165) is 17.9 Å². The van der Waals surface area contributed by atoms with Crippen LogP contribution in [0.25, 0.3) is 11.0 Å². The molecule has 115 valence electrons. The smallest absolute Gasteiger partial charge is 0.117 e. The minimum Gasteiger partial charge on any atom is -0.327 e. The van der Waals surface area contributed by atoms with Crippen LogP contribution in [0.2, 0.25) is 19.6 Å². The first-order valence-electron chi connectivity index (χ1n) is 8.24. The lowest BCUT2D eigenvalue weighted by atomic mass is 10.1. The molecule has 0 bridgehead atoms. The zero-order valence-corrected chi connectivity index (χ0v) is 15.1. The Balaban J connectivity index is 2.05. The lowest BCUT2D eigenvalue weighted by Gasteiger charge is -2.29. The average Bonchev–Trinajstić information content (AvgIpc) is 3.09. The lowest BCUT2D eigenvalue weighted by molar-refractivity contribution is 0.628. The van der Waals surface area contributed by atoms with Gasteiger partial charge in [-0.2, -0.15) is 0 Å². The summed E-state index contributed by atoms with van der Waals surface area (Å²) in [5.41, 5.74) is 3.88. The van der Waals surface area contributed by atoms with Gasteiger partial charge in [-0.1, -0.05) is 45.1 Å². The molecule has 1 aliphatic carbocycles. The monoisotopic (exact) mass is 309 g/mol. The fraction of sp³-hybridized carbons (Fsp3) is 0.368. The van der Waals surface area contributed by atoms with Crippen molar-refractivity contribution in [1.29, 1.82) is 0 Å². The largest absolute Gasteiger partial charge is 0.327 e. The van der Waals surface area contributed by atoms with Crippen LogP contribution in [0.15, 0.2) is 24.3 Å². The predicted molar refractivity (Wildman–Crippen MR) is 96.5 cm³/mol. The van der Waals surface area contributed by atoms with Crippen LogP contribution in [-0.2, 0) is 6.54 Å². The number of imidazole rings is 1. The van der Waals surface area contributed by atoms with E-state index in [0.29, 0.717) is 0 Å². The summed E-state index contributed by atoms with van der Waals surface area (Å²) in [5.74, 6) is 2.49. The molecule has 2 aromatic rings. The normalized spacial score (nSPS) is 17.6. The first-order chi connectivity index (χ1) is 10.5. The Morgan fingerprint density at radius 2 is 1.86 bits per heavy atom. The third-order valence-corrected chi connectivity index (χ3v) is 6.31. The number of para-hydroxylation sites is 2. The van der Waals surface area contributed by atoms with Gasteiger partial charge in [0.05, 0.1) is 19.1 Å². The van der Waals surface area contributed by atoms with Gasteiger partial charge in [0.2, 0.25) is 0 Å². The van der Waals surface area contributed by atoms with Gasteiger partial charge in [0.15, 0.2) is 0 Å². The van der Waals surface area contributed by atoms with Gasteiger partial charge in [0, 0.05) is 12.5 Å². The molecule has 0 aliphatic heterocycles. The molecule has 5 radical (unpaired) electrons. The molecular weight excluding hydrogens is 284 g/mol. The Bertz CT molecular complexity index is 638. The Hall–Kier alpha value is -1.09. The summed E-state index contributed by atoms with van der Waals surface area (Å²) in [6.07, 6.45) is 9.12. The van der Waals surface area contributed by atoms with Gasteiger partial charge in [-0.3, -0.25) is 0 Å². The highest BCUT2D eigenvalue weighted by Crippen LogP contribution is 2.44. The highest BCUT2D eigenvalue weighted by molar-refractivity contribution is 6.83. The molecule has 1 fully saturated rings. The second-order valence-electron chi connectivity index (χ2n) is 7.03. The number of hydrogen-bond donors (Lipinski definition) is 0. The van der Waals surface area contributed by atoms with Gasteiger partial charge >= 0.3 is 0 Å². The zero-order valence-electron chi connectivity index (χ0n) is 14.1. The van der Waals surface area contributed by atoms with Crippen molar-refractivity contribution in [3.8, 4) is 0 Å². The molecule has 22 heavy (non-hydrogen) atoms. The van der Waals surface area contributed by atoms with Crippen LogP contribution in [0.5, 0.6) is 0 Å². The van der Waals surface area contributed by atoms with Gasteiger partial charge in [0.1, 0.15) is 5.82 Å². The van der Waals surface area contributed by atoms with Gasteiger partial charge in [0.25, 0.3) is 0 Å². The maximum atomic E-state index is 4.97. The van der Waals surface area contributed by atoms with E-state index in [1.54, 1.807) is 0 Å². The molecule has 3 rings (SSSR count). The number of benzene rings is 1. The molecule has 0 amide bonds. The van der Waals surface area contributed by atoms with Gasteiger partial charge in [-0.05, 0) is 43.4 Å². The molecule has 1 aromatic carbocycles. The van der Waals surface area contributed by atoms with E-state index in [-0.39, 0.29) is 0 Å². The van der Waals surface area contributed by atoms with Crippen molar-refractivity contribution in [2.75, 3.05) is 0 Å². The molecule has 1 saturated carbocycles. The fourth-order valence-corrected chi connectivity index (χ4v) is 4.69. The Morgan fingerprint density at radius 1 is 1.09 bits per heavy atom. The maximum absolute atomic E-state index is 4.97. The van der Waals surface area contributed by atoms with Crippen molar-refractivity contribution < 1.29 is 0 Å². The third kappa shape index (κ3) is 2.88. The van der Waals surface area contributed by atoms with Crippen LogP contribution in [0.4, 0.5) is 0 Å². The maximum Gasteiger partial charge on any atom is 0.117 e. The average molecular weight is 310 g/mol. The van der Waals surface area contributed by atoms with Crippen LogP contribution >= 0.6 is 0 Å². The highest BCUT2D eigenvalue weighted by atomic mass is 28.3. The molecule has 0 N–H and O–H groups in total. The van der Waals surface area contributed by atoms with Crippen LogP contribution < -0.4 is 0 Å². The van der Waals surface area contributed by atoms with Crippen molar-refractivity contribution in [1.82, 2.24) is 9.55 Å². The molecular formula is C19H25N2Si. The fourth-order valence-electron chi connectivity index (χ4n) is 3.09. The quantitative estimate of drug-likeness (QED) is 0.723. The van der Waals surface area contributed by atoms with Crippen molar-refractivity contribution in [3.63, 3.8) is 0 Å². The molecule has 1 aromatic heterocycles. The van der Waals surface area contributed by atoms with E-state index in [1.165, 1.54) is 29.8 Å². The summed E-state index contributed by atoms with van der Waals surface area (Å²) in [4.78, 5) is 4.97. The number of aromatic nitrogens is 2. The summed E-state index contributed by atoms with van der Waals surface area (Å²) < 4.78 is 2.41. The summed E-state index contributed by atoms with van der Waals surface area (Å²) in [7, 11) is -1.36. The standard InChI is InChI=1S/C19H25N2Si/c1-5-6-14-21-17-12-8-7-11-16(17)20-19(21)15-10-9-13-18(15)22(2,3)4/h7-13H,5-6,14H2,1-4H3. The SMILES string of the molecule is CCCCn1c([C]2[CH][CH][CH][C]2[Si](C)(C)C)nc2ccccc21. The summed E-state index contributed by atoms with van der Waals surface area (Å²) in [5, 5.41) is 0. The molecule has 1 heterocycles. The number of fused-ring (bicyclic) bond motifs is 1. The lowest BCUT2D eigenvalue weighted by Crippen LogP contribution is -2.34. The minimum atomic E-state index is -1.36. The van der Waals surface area contributed by atoms with E-state index in [4.69, 9.17) is 4.98 Å². The Labute approximate surface area is 136 Å². The van der Waals surface area contributed by atoms with Crippen LogP contribution in [0.1, 0.15) is 25.6 Å². The summed E-state index contributed by atoms with van der Waals surface area (Å²) >= 11 is 0. The van der Waals surface area contributed by atoms with Crippen molar-refractivity contribution >= 4 is 19.1 Å². The summed E-state index contributed by atoms with van der Waals surface area (Å²) in [6, 6.07) is 8.51. The first kappa shape index (κ1) is 15.8. The molecule has 0 saturated heterocycles. The molecule has 0 atom stereocenters. The van der Waals surface area contributed by atoms with Crippen molar-refractivity contribution in [2.24, 2.45) is 0 Å². The number of aryl methyl sites for hydroxylation is 1. The number of unbranched alkanes of at least 4 members (excludes halogenated alkanes) is 1. The van der Waals surface area contributed by atoms with Gasteiger partial charge in [-0.25, -0.2) is 4.98 Å². The van der Waals surface area contributed by atoms with E-state index in [9.17, 15) is 0 Å².